The first-order valence-corrected chi connectivity index (χ1v) is 4.81. The number of hydrogen-bond donors (Lipinski definition) is 3. The highest BCUT2D eigenvalue weighted by molar-refractivity contribution is 5.54. The second-order valence-electron chi connectivity index (χ2n) is 3.10. The van der Waals surface area contributed by atoms with Gasteiger partial charge in [-0.1, -0.05) is 0 Å². The number of nitrogens with two attached hydrogens (primary N) is 1. The summed E-state index contributed by atoms with van der Waals surface area (Å²) in [7, 11) is 0. The summed E-state index contributed by atoms with van der Waals surface area (Å²) in [6.45, 7) is 1.29. The molecule has 2 heterocycles. The lowest BCUT2D eigenvalue weighted by Gasteiger charge is -2.02. The lowest BCUT2D eigenvalue weighted by molar-refractivity contribution is 0.972. The number of aromatic nitrogens is 3. The standard InChI is InChI=1S/C10H13N5/c11-5-7-13-10-4-3-9(14-15-10)8-2-1-6-12-8/h1-4,6,12H,5,7,11H2,(H,13,15). The Morgan fingerprint density at radius 3 is 2.80 bits per heavy atom. The van der Waals surface area contributed by atoms with Crippen LogP contribution in [0.1, 0.15) is 0 Å². The maximum absolute atomic E-state index is 5.37. The van der Waals surface area contributed by atoms with Crippen LogP contribution in [0.2, 0.25) is 0 Å². The first-order valence-electron chi connectivity index (χ1n) is 4.81. The minimum absolute atomic E-state index is 0.583. The number of rotatable bonds is 4. The molecule has 0 amide bonds. The molecule has 0 aliphatic heterocycles. The Morgan fingerprint density at radius 1 is 1.27 bits per heavy atom. The van der Waals surface area contributed by atoms with Gasteiger partial charge in [-0.2, -0.15) is 0 Å². The predicted octanol–water partition coefficient (Wildman–Crippen LogP) is 0.842. The average molecular weight is 203 g/mol. The van der Waals surface area contributed by atoms with E-state index >= 15 is 0 Å². The summed E-state index contributed by atoms with van der Waals surface area (Å²) in [5.41, 5.74) is 7.17. The van der Waals surface area contributed by atoms with Gasteiger partial charge in [-0.25, -0.2) is 0 Å². The van der Waals surface area contributed by atoms with E-state index in [0.29, 0.717) is 13.1 Å². The third kappa shape index (κ3) is 2.32. The van der Waals surface area contributed by atoms with Crippen molar-refractivity contribution in [3.8, 4) is 11.4 Å². The molecule has 0 aromatic carbocycles. The van der Waals surface area contributed by atoms with Gasteiger partial charge < -0.3 is 16.0 Å². The van der Waals surface area contributed by atoms with Gasteiger partial charge in [0.2, 0.25) is 0 Å². The second kappa shape index (κ2) is 4.56. The molecule has 5 nitrogen and oxygen atoms in total. The number of H-pyrrole nitrogens is 1. The first-order chi connectivity index (χ1) is 7.40. The van der Waals surface area contributed by atoms with E-state index in [-0.39, 0.29) is 0 Å². The maximum atomic E-state index is 5.37. The zero-order valence-corrected chi connectivity index (χ0v) is 8.27. The Bertz CT molecular complexity index is 392. The summed E-state index contributed by atoms with van der Waals surface area (Å²) < 4.78 is 0. The Balaban J connectivity index is 2.11. The largest absolute Gasteiger partial charge is 0.367 e. The minimum Gasteiger partial charge on any atom is -0.367 e. The maximum Gasteiger partial charge on any atom is 0.148 e. The van der Waals surface area contributed by atoms with Gasteiger partial charge in [0.1, 0.15) is 11.5 Å². The molecular weight excluding hydrogens is 190 g/mol. The van der Waals surface area contributed by atoms with Gasteiger partial charge in [-0.05, 0) is 24.3 Å². The fraction of sp³-hybridized carbons (Fsp3) is 0.200. The number of anilines is 1. The minimum atomic E-state index is 0.583. The molecule has 4 N–H and O–H groups in total. The van der Waals surface area contributed by atoms with Gasteiger partial charge in [0.05, 0.1) is 5.69 Å². The zero-order chi connectivity index (χ0) is 10.5. The van der Waals surface area contributed by atoms with Gasteiger partial charge in [0, 0.05) is 19.3 Å². The molecule has 2 aromatic rings. The van der Waals surface area contributed by atoms with Crippen molar-refractivity contribution < 1.29 is 0 Å². The summed E-state index contributed by atoms with van der Waals surface area (Å²) in [5, 5.41) is 11.2. The van der Waals surface area contributed by atoms with Crippen molar-refractivity contribution >= 4 is 5.82 Å². The second-order valence-corrected chi connectivity index (χ2v) is 3.10. The quantitative estimate of drug-likeness (QED) is 0.688. The normalized spacial score (nSPS) is 10.2. The van der Waals surface area contributed by atoms with Crippen LogP contribution in [0.4, 0.5) is 5.82 Å². The third-order valence-electron chi connectivity index (χ3n) is 1.99. The van der Waals surface area contributed by atoms with E-state index < -0.39 is 0 Å². The van der Waals surface area contributed by atoms with E-state index in [2.05, 4.69) is 20.5 Å². The van der Waals surface area contributed by atoms with Crippen LogP contribution in [-0.2, 0) is 0 Å². The van der Waals surface area contributed by atoms with Crippen molar-refractivity contribution in [3.05, 3.63) is 30.5 Å². The molecule has 0 spiro atoms. The molecule has 0 saturated heterocycles. The average Bonchev–Trinajstić information content (AvgIpc) is 2.80. The fourth-order valence-corrected chi connectivity index (χ4v) is 1.26. The molecular formula is C10H13N5. The summed E-state index contributed by atoms with van der Waals surface area (Å²) in [6, 6.07) is 7.69. The zero-order valence-electron chi connectivity index (χ0n) is 8.27. The van der Waals surface area contributed by atoms with Crippen LogP contribution in [0, 0.1) is 0 Å². The predicted molar refractivity (Wildman–Crippen MR) is 59.4 cm³/mol. The van der Waals surface area contributed by atoms with Gasteiger partial charge in [0.25, 0.3) is 0 Å². The SMILES string of the molecule is NCCNc1ccc(-c2ccc[nH]2)nn1. The molecule has 2 aromatic heterocycles. The molecule has 5 heteroatoms. The van der Waals surface area contributed by atoms with Gasteiger partial charge in [-0.3, -0.25) is 0 Å². The van der Waals surface area contributed by atoms with Crippen LogP contribution < -0.4 is 11.1 Å². The number of hydrogen-bond acceptors (Lipinski definition) is 4. The number of nitrogens with one attached hydrogen (secondary N) is 2. The summed E-state index contributed by atoms with van der Waals surface area (Å²) in [5.74, 6) is 0.746. The Hall–Kier alpha value is -1.88. The smallest absolute Gasteiger partial charge is 0.148 e. The lowest BCUT2D eigenvalue weighted by atomic mass is 10.3. The molecule has 0 aliphatic carbocycles. The molecule has 0 saturated carbocycles. The molecule has 0 fully saturated rings. The van der Waals surface area contributed by atoms with Crippen molar-refractivity contribution in [1.82, 2.24) is 15.2 Å². The third-order valence-corrected chi connectivity index (χ3v) is 1.99. The van der Waals surface area contributed by atoms with Crippen molar-refractivity contribution in [2.24, 2.45) is 5.73 Å². The van der Waals surface area contributed by atoms with Crippen LogP contribution in [0.5, 0.6) is 0 Å². The van der Waals surface area contributed by atoms with Crippen LogP contribution in [0.15, 0.2) is 30.5 Å². The summed E-state index contributed by atoms with van der Waals surface area (Å²) in [4.78, 5) is 3.07. The molecule has 78 valence electrons. The van der Waals surface area contributed by atoms with E-state index in [4.69, 9.17) is 5.73 Å². The van der Waals surface area contributed by atoms with Crippen LogP contribution in [0.25, 0.3) is 11.4 Å². The van der Waals surface area contributed by atoms with Gasteiger partial charge >= 0.3 is 0 Å². The Labute approximate surface area is 87.7 Å². The van der Waals surface area contributed by atoms with Crippen molar-refractivity contribution in [3.63, 3.8) is 0 Å². The summed E-state index contributed by atoms with van der Waals surface area (Å²) >= 11 is 0. The summed E-state index contributed by atoms with van der Waals surface area (Å²) in [6.07, 6.45) is 1.86. The van der Waals surface area contributed by atoms with E-state index in [9.17, 15) is 0 Å². The highest BCUT2D eigenvalue weighted by atomic mass is 15.2. The lowest BCUT2D eigenvalue weighted by Crippen LogP contribution is -2.14. The molecule has 0 atom stereocenters. The van der Waals surface area contributed by atoms with Crippen LogP contribution in [0.3, 0.4) is 0 Å². The first kappa shape index (κ1) is 9.67. The van der Waals surface area contributed by atoms with Crippen molar-refractivity contribution in [1.29, 1.82) is 0 Å². The molecule has 0 unspecified atom stereocenters. The number of aromatic amines is 1. The van der Waals surface area contributed by atoms with Crippen molar-refractivity contribution in [2.45, 2.75) is 0 Å². The van der Waals surface area contributed by atoms with Crippen LogP contribution >= 0.6 is 0 Å². The fourth-order valence-electron chi connectivity index (χ4n) is 1.26. The monoisotopic (exact) mass is 203 g/mol. The highest BCUT2D eigenvalue weighted by Gasteiger charge is 2.00. The van der Waals surface area contributed by atoms with E-state index in [1.807, 2.05) is 30.5 Å². The number of nitrogens with zero attached hydrogens (tertiary/aromatic N) is 2. The van der Waals surface area contributed by atoms with Gasteiger partial charge in [-0.15, -0.1) is 10.2 Å². The molecule has 0 aliphatic rings. The van der Waals surface area contributed by atoms with E-state index in [1.54, 1.807) is 0 Å². The Kier molecular flexibility index (Phi) is 2.94. The van der Waals surface area contributed by atoms with E-state index in [0.717, 1.165) is 17.2 Å². The molecule has 15 heavy (non-hydrogen) atoms. The van der Waals surface area contributed by atoms with Crippen molar-refractivity contribution in [2.75, 3.05) is 18.4 Å². The van der Waals surface area contributed by atoms with Gasteiger partial charge in [0.15, 0.2) is 0 Å². The highest BCUT2D eigenvalue weighted by Crippen LogP contribution is 2.13. The molecule has 0 radical (unpaired) electrons. The molecule has 0 bridgehead atoms. The molecule has 2 rings (SSSR count). The topological polar surface area (TPSA) is 79.6 Å². The Morgan fingerprint density at radius 2 is 2.20 bits per heavy atom. The van der Waals surface area contributed by atoms with Crippen LogP contribution in [-0.4, -0.2) is 28.3 Å². The van der Waals surface area contributed by atoms with E-state index in [1.165, 1.54) is 0 Å².